The van der Waals surface area contributed by atoms with Crippen LogP contribution in [0.25, 0.3) is 0 Å². The van der Waals surface area contributed by atoms with E-state index in [4.69, 9.17) is 0 Å². The van der Waals surface area contributed by atoms with Gasteiger partial charge in [-0.15, -0.1) is 0 Å². The summed E-state index contributed by atoms with van der Waals surface area (Å²) in [6, 6.07) is 2.88. The molecule has 0 spiro atoms. The summed E-state index contributed by atoms with van der Waals surface area (Å²) in [5.41, 5.74) is 0. The Morgan fingerprint density at radius 3 is 1.25 bits per heavy atom. The lowest BCUT2D eigenvalue weighted by molar-refractivity contribution is -0.147. The first kappa shape index (κ1) is 16.3. The molecule has 0 bridgehead atoms. The smallest absolute Gasteiger partial charge is 0.0249 e. The van der Waals surface area contributed by atoms with Crippen LogP contribution in [-0.2, 0) is 0 Å². The summed E-state index contributed by atoms with van der Waals surface area (Å²) in [5, 5.41) is 5.58. The van der Waals surface area contributed by atoms with E-state index in [0.29, 0.717) is 12.1 Å². The summed E-state index contributed by atoms with van der Waals surface area (Å²) in [6.07, 6.45) is 14.4. The van der Waals surface area contributed by atoms with Crippen LogP contribution in [0.2, 0.25) is 0 Å². The Morgan fingerprint density at radius 1 is 0.600 bits per heavy atom. The third kappa shape index (κ3) is 3.98. The van der Waals surface area contributed by atoms with E-state index in [2.05, 4.69) is 37.7 Å². The van der Waals surface area contributed by atoms with E-state index in [-0.39, 0.29) is 0 Å². The Hall–Kier alpha value is -0.0800. The highest BCUT2D eigenvalue weighted by atomic mass is 15.7. The Bertz CT molecular complexity index is 237. The lowest BCUT2D eigenvalue weighted by atomic mass is 9.89. The molecule has 0 aromatic carbocycles. The first-order valence-electron chi connectivity index (χ1n) is 9.18. The van der Waals surface area contributed by atoms with Gasteiger partial charge in [-0.3, -0.25) is 0 Å². The molecule has 0 aliphatic heterocycles. The maximum absolute atomic E-state index is 2.87. The molecule has 2 aliphatic rings. The molecule has 0 radical (unpaired) electrons. The van der Waals surface area contributed by atoms with Crippen molar-refractivity contribution in [2.45, 2.75) is 116 Å². The molecule has 0 aromatic heterocycles. The largest absolute Gasteiger partial charge is 0.236 e. The zero-order valence-electron chi connectivity index (χ0n) is 14.3. The van der Waals surface area contributed by atoms with Gasteiger partial charge in [0.15, 0.2) is 0 Å². The van der Waals surface area contributed by atoms with Crippen LogP contribution in [-0.4, -0.2) is 34.2 Å². The van der Waals surface area contributed by atoms with Gasteiger partial charge in [-0.25, -0.2) is 10.0 Å². The second-order valence-electron chi connectivity index (χ2n) is 7.53. The van der Waals surface area contributed by atoms with Crippen LogP contribution < -0.4 is 0 Å². The monoisotopic (exact) mass is 280 g/mol. The third-order valence-corrected chi connectivity index (χ3v) is 5.22. The van der Waals surface area contributed by atoms with Crippen molar-refractivity contribution in [1.29, 1.82) is 0 Å². The molecule has 2 saturated carbocycles. The Morgan fingerprint density at radius 2 is 0.950 bits per heavy atom. The summed E-state index contributed by atoms with van der Waals surface area (Å²) >= 11 is 0. The van der Waals surface area contributed by atoms with Crippen molar-refractivity contribution in [2.75, 3.05) is 0 Å². The van der Waals surface area contributed by atoms with Crippen LogP contribution in [0.1, 0.15) is 91.9 Å². The number of nitrogens with zero attached hydrogens (tertiary/aromatic N) is 2. The van der Waals surface area contributed by atoms with Crippen LogP contribution in [0, 0.1) is 0 Å². The lowest BCUT2D eigenvalue weighted by Crippen LogP contribution is -2.59. The fraction of sp³-hybridized carbons (Fsp3) is 1.00. The van der Waals surface area contributed by atoms with Gasteiger partial charge < -0.3 is 0 Å². The van der Waals surface area contributed by atoms with Gasteiger partial charge in [0.25, 0.3) is 0 Å². The first-order chi connectivity index (χ1) is 9.61. The maximum atomic E-state index is 2.87. The van der Waals surface area contributed by atoms with Crippen LogP contribution in [0.15, 0.2) is 0 Å². The second-order valence-corrected chi connectivity index (χ2v) is 7.53. The van der Waals surface area contributed by atoms with Crippen LogP contribution in [0.4, 0.5) is 0 Å². The van der Waals surface area contributed by atoms with Gasteiger partial charge in [0.1, 0.15) is 0 Å². The van der Waals surface area contributed by atoms with E-state index in [1.165, 1.54) is 64.2 Å². The number of hydrogen-bond acceptors (Lipinski definition) is 2. The highest BCUT2D eigenvalue weighted by Gasteiger charge is 2.35. The van der Waals surface area contributed by atoms with Crippen molar-refractivity contribution in [3.63, 3.8) is 0 Å². The van der Waals surface area contributed by atoms with Crippen LogP contribution >= 0.6 is 0 Å². The molecule has 2 heteroatoms. The number of hydrazine groups is 1. The molecular formula is C18H36N2. The number of hydrogen-bond donors (Lipinski definition) is 0. The standard InChI is InChI=1S/C18H36N2/c1-15(2)19(16(3)4)20(17-11-7-5-8-12-17)18-13-9-6-10-14-18/h15-18H,5-14H2,1-4H3. The molecular weight excluding hydrogens is 244 g/mol. The van der Waals surface area contributed by atoms with E-state index in [1.54, 1.807) is 0 Å². The normalized spacial score (nSPS) is 23.4. The molecule has 2 nitrogen and oxygen atoms in total. The zero-order valence-corrected chi connectivity index (χ0v) is 14.3. The molecule has 0 aromatic rings. The third-order valence-electron chi connectivity index (χ3n) is 5.22. The average molecular weight is 280 g/mol. The first-order valence-corrected chi connectivity index (χ1v) is 9.18. The molecule has 0 N–H and O–H groups in total. The Kier molecular flexibility index (Phi) is 6.35. The average Bonchev–Trinajstić information content (AvgIpc) is 2.45. The van der Waals surface area contributed by atoms with Crippen molar-refractivity contribution in [2.24, 2.45) is 0 Å². The summed E-state index contributed by atoms with van der Waals surface area (Å²) in [4.78, 5) is 0. The fourth-order valence-electron chi connectivity index (χ4n) is 4.50. The molecule has 0 heterocycles. The fourth-order valence-corrected chi connectivity index (χ4v) is 4.50. The van der Waals surface area contributed by atoms with Gasteiger partial charge in [0.05, 0.1) is 0 Å². The predicted molar refractivity (Wildman–Crippen MR) is 87.7 cm³/mol. The molecule has 0 atom stereocenters. The van der Waals surface area contributed by atoms with Gasteiger partial charge in [0, 0.05) is 24.2 Å². The molecule has 0 unspecified atom stereocenters. The van der Waals surface area contributed by atoms with Gasteiger partial charge in [-0.2, -0.15) is 0 Å². The molecule has 0 saturated heterocycles. The summed E-state index contributed by atoms with van der Waals surface area (Å²) in [6.45, 7) is 9.49. The van der Waals surface area contributed by atoms with Crippen molar-refractivity contribution in [1.82, 2.24) is 10.0 Å². The molecule has 118 valence electrons. The van der Waals surface area contributed by atoms with E-state index in [9.17, 15) is 0 Å². The van der Waals surface area contributed by atoms with Gasteiger partial charge >= 0.3 is 0 Å². The highest BCUT2D eigenvalue weighted by Crippen LogP contribution is 2.33. The minimum atomic E-state index is 0.624. The SMILES string of the molecule is CC(C)N(C(C)C)N(C1CCCCC1)C1CCCCC1. The maximum Gasteiger partial charge on any atom is 0.0249 e. The van der Waals surface area contributed by atoms with E-state index < -0.39 is 0 Å². The molecule has 0 amide bonds. The Balaban J connectivity index is 2.16. The van der Waals surface area contributed by atoms with Crippen molar-refractivity contribution >= 4 is 0 Å². The summed E-state index contributed by atoms with van der Waals surface area (Å²) in [7, 11) is 0. The molecule has 2 fully saturated rings. The van der Waals surface area contributed by atoms with Crippen molar-refractivity contribution in [3.05, 3.63) is 0 Å². The minimum Gasteiger partial charge on any atom is -0.236 e. The van der Waals surface area contributed by atoms with Crippen LogP contribution in [0.3, 0.4) is 0 Å². The quantitative estimate of drug-likeness (QED) is 0.655. The Labute approximate surface area is 126 Å². The van der Waals surface area contributed by atoms with E-state index in [1.807, 2.05) is 0 Å². The van der Waals surface area contributed by atoms with Gasteiger partial charge in [-0.1, -0.05) is 38.5 Å². The van der Waals surface area contributed by atoms with Gasteiger partial charge in [0.2, 0.25) is 0 Å². The lowest BCUT2D eigenvalue weighted by Gasteiger charge is -2.51. The molecule has 2 aliphatic carbocycles. The van der Waals surface area contributed by atoms with E-state index in [0.717, 1.165) is 12.1 Å². The number of rotatable bonds is 5. The zero-order chi connectivity index (χ0) is 14.5. The van der Waals surface area contributed by atoms with Crippen LogP contribution in [0.5, 0.6) is 0 Å². The molecule has 20 heavy (non-hydrogen) atoms. The molecule has 2 rings (SSSR count). The summed E-state index contributed by atoms with van der Waals surface area (Å²) < 4.78 is 0. The predicted octanol–water partition coefficient (Wildman–Crippen LogP) is 4.99. The second kappa shape index (κ2) is 7.79. The topological polar surface area (TPSA) is 6.48 Å². The highest BCUT2D eigenvalue weighted by molar-refractivity contribution is 4.84. The van der Waals surface area contributed by atoms with Crippen molar-refractivity contribution in [3.8, 4) is 0 Å². The summed E-state index contributed by atoms with van der Waals surface area (Å²) in [5.74, 6) is 0. The van der Waals surface area contributed by atoms with E-state index >= 15 is 0 Å². The minimum absolute atomic E-state index is 0.624. The van der Waals surface area contributed by atoms with Crippen molar-refractivity contribution < 1.29 is 0 Å². The van der Waals surface area contributed by atoms with Gasteiger partial charge in [-0.05, 0) is 53.4 Å².